The van der Waals surface area contributed by atoms with Gasteiger partial charge in [-0.1, -0.05) is 0 Å². The van der Waals surface area contributed by atoms with E-state index >= 15 is 0 Å². The normalized spacial score (nSPS) is 22.4. The highest BCUT2D eigenvalue weighted by molar-refractivity contribution is 9.10. The summed E-state index contributed by atoms with van der Waals surface area (Å²) in [5.41, 5.74) is 8.27. The number of hydrogen-bond acceptors (Lipinski definition) is 2. The molecule has 12 heavy (non-hydrogen) atoms. The zero-order valence-corrected chi connectivity index (χ0v) is 8.63. The molecule has 0 aromatic carbocycles. The van der Waals surface area contributed by atoms with Crippen LogP contribution in [0.15, 0.2) is 4.73 Å². The Morgan fingerprint density at radius 1 is 1.67 bits per heavy atom. The molecule has 2 heterocycles. The van der Waals surface area contributed by atoms with E-state index in [-0.39, 0.29) is 0 Å². The second kappa shape index (κ2) is 2.85. The number of imidazole rings is 1. The SMILES string of the molecule is Cc1nc(Br)n2c1CC(N)CC2. The highest BCUT2D eigenvalue weighted by atomic mass is 79.9. The maximum Gasteiger partial charge on any atom is 0.177 e. The molecule has 2 N–H and O–H groups in total. The van der Waals surface area contributed by atoms with Gasteiger partial charge in [0.1, 0.15) is 0 Å². The summed E-state index contributed by atoms with van der Waals surface area (Å²) in [6, 6.07) is 0.319. The Morgan fingerprint density at radius 3 is 3.17 bits per heavy atom. The molecular weight excluding hydrogens is 218 g/mol. The molecule has 0 bridgehead atoms. The highest BCUT2D eigenvalue weighted by Gasteiger charge is 2.20. The van der Waals surface area contributed by atoms with E-state index < -0.39 is 0 Å². The van der Waals surface area contributed by atoms with Gasteiger partial charge in [-0.05, 0) is 29.3 Å². The largest absolute Gasteiger partial charge is 0.327 e. The Kier molecular flexibility index (Phi) is 1.96. The van der Waals surface area contributed by atoms with Crippen LogP contribution in [0.25, 0.3) is 0 Å². The topological polar surface area (TPSA) is 43.8 Å². The van der Waals surface area contributed by atoms with Crippen molar-refractivity contribution in [1.82, 2.24) is 9.55 Å². The van der Waals surface area contributed by atoms with E-state index in [2.05, 4.69) is 25.5 Å². The molecule has 0 saturated heterocycles. The summed E-state index contributed by atoms with van der Waals surface area (Å²) in [6.45, 7) is 3.03. The van der Waals surface area contributed by atoms with Gasteiger partial charge in [0.05, 0.1) is 5.69 Å². The van der Waals surface area contributed by atoms with Gasteiger partial charge in [0.15, 0.2) is 4.73 Å². The first kappa shape index (κ1) is 8.26. The average Bonchev–Trinajstić information content (AvgIpc) is 2.28. The van der Waals surface area contributed by atoms with Crippen molar-refractivity contribution < 1.29 is 0 Å². The van der Waals surface area contributed by atoms with E-state index in [0.717, 1.165) is 29.8 Å². The fraction of sp³-hybridized carbons (Fsp3) is 0.625. The van der Waals surface area contributed by atoms with Gasteiger partial charge >= 0.3 is 0 Å². The molecule has 0 amide bonds. The monoisotopic (exact) mass is 229 g/mol. The first-order valence-electron chi connectivity index (χ1n) is 4.15. The summed E-state index contributed by atoms with van der Waals surface area (Å²) in [6.07, 6.45) is 2.02. The average molecular weight is 230 g/mol. The van der Waals surface area contributed by atoms with Crippen molar-refractivity contribution in [3.63, 3.8) is 0 Å². The number of fused-ring (bicyclic) bond motifs is 1. The number of hydrogen-bond donors (Lipinski definition) is 1. The molecule has 4 heteroatoms. The van der Waals surface area contributed by atoms with Gasteiger partial charge in [0, 0.05) is 24.7 Å². The Bertz CT molecular complexity index is 305. The first-order chi connectivity index (χ1) is 5.68. The van der Waals surface area contributed by atoms with E-state index in [1.54, 1.807) is 0 Å². The molecule has 2 rings (SSSR count). The second-order valence-corrected chi connectivity index (χ2v) is 4.03. The molecule has 1 aromatic rings. The van der Waals surface area contributed by atoms with Crippen molar-refractivity contribution in [3.8, 4) is 0 Å². The van der Waals surface area contributed by atoms with Crippen molar-refractivity contribution in [2.75, 3.05) is 0 Å². The van der Waals surface area contributed by atoms with Crippen LogP contribution >= 0.6 is 15.9 Å². The summed E-state index contributed by atoms with van der Waals surface area (Å²) in [5, 5.41) is 0. The van der Waals surface area contributed by atoms with Gasteiger partial charge in [0.2, 0.25) is 0 Å². The van der Waals surface area contributed by atoms with Crippen molar-refractivity contribution in [2.24, 2.45) is 5.73 Å². The summed E-state index contributed by atoms with van der Waals surface area (Å²) >= 11 is 3.43. The van der Waals surface area contributed by atoms with Crippen LogP contribution in [-0.4, -0.2) is 15.6 Å². The minimum atomic E-state index is 0.319. The molecule has 1 aromatic heterocycles. The Labute approximate surface area is 80.1 Å². The molecule has 0 saturated carbocycles. The molecule has 3 nitrogen and oxygen atoms in total. The number of aromatic nitrogens is 2. The quantitative estimate of drug-likeness (QED) is 0.728. The minimum absolute atomic E-state index is 0.319. The smallest absolute Gasteiger partial charge is 0.177 e. The van der Waals surface area contributed by atoms with Crippen LogP contribution < -0.4 is 5.73 Å². The Morgan fingerprint density at radius 2 is 2.42 bits per heavy atom. The molecule has 0 fully saturated rings. The van der Waals surface area contributed by atoms with Crippen LogP contribution in [0, 0.1) is 6.92 Å². The van der Waals surface area contributed by atoms with E-state index in [9.17, 15) is 0 Å². The van der Waals surface area contributed by atoms with E-state index in [1.165, 1.54) is 5.69 Å². The molecular formula is C8H12BrN3. The summed E-state index contributed by atoms with van der Waals surface area (Å²) in [4.78, 5) is 4.35. The van der Waals surface area contributed by atoms with E-state index in [4.69, 9.17) is 5.73 Å². The van der Waals surface area contributed by atoms with Gasteiger partial charge in [-0.15, -0.1) is 0 Å². The minimum Gasteiger partial charge on any atom is -0.327 e. The lowest BCUT2D eigenvalue weighted by molar-refractivity contribution is 0.465. The predicted octanol–water partition coefficient (Wildman–Crippen LogP) is 1.23. The van der Waals surface area contributed by atoms with Crippen LogP contribution in [0.4, 0.5) is 0 Å². The molecule has 0 spiro atoms. The second-order valence-electron chi connectivity index (χ2n) is 3.32. The molecule has 1 unspecified atom stereocenters. The predicted molar refractivity (Wildman–Crippen MR) is 51.0 cm³/mol. The lowest BCUT2D eigenvalue weighted by Crippen LogP contribution is -2.30. The lowest BCUT2D eigenvalue weighted by Gasteiger charge is -2.21. The van der Waals surface area contributed by atoms with E-state index in [0.29, 0.717) is 6.04 Å². The lowest BCUT2D eigenvalue weighted by atomic mass is 10.0. The van der Waals surface area contributed by atoms with Crippen LogP contribution in [0.3, 0.4) is 0 Å². The van der Waals surface area contributed by atoms with Gasteiger partial charge in [-0.3, -0.25) is 0 Å². The Hall–Kier alpha value is -0.350. The van der Waals surface area contributed by atoms with E-state index in [1.807, 2.05) is 6.92 Å². The zero-order valence-electron chi connectivity index (χ0n) is 7.05. The third-order valence-corrected chi connectivity index (χ3v) is 3.01. The summed E-state index contributed by atoms with van der Waals surface area (Å²) in [5.74, 6) is 0. The van der Waals surface area contributed by atoms with Crippen LogP contribution in [-0.2, 0) is 13.0 Å². The molecule has 66 valence electrons. The molecule has 1 aliphatic rings. The van der Waals surface area contributed by atoms with Crippen LogP contribution in [0.5, 0.6) is 0 Å². The maximum atomic E-state index is 5.87. The van der Waals surface area contributed by atoms with Gasteiger partial charge in [-0.2, -0.15) is 0 Å². The molecule has 0 aliphatic carbocycles. The zero-order chi connectivity index (χ0) is 8.72. The van der Waals surface area contributed by atoms with Crippen LogP contribution in [0.1, 0.15) is 17.8 Å². The van der Waals surface area contributed by atoms with Crippen molar-refractivity contribution in [2.45, 2.75) is 32.4 Å². The number of nitrogens with two attached hydrogens (primary N) is 1. The van der Waals surface area contributed by atoms with Gasteiger partial charge in [0.25, 0.3) is 0 Å². The third-order valence-electron chi connectivity index (χ3n) is 2.41. The molecule has 1 aliphatic heterocycles. The fourth-order valence-electron chi connectivity index (χ4n) is 1.70. The summed E-state index contributed by atoms with van der Waals surface area (Å²) < 4.78 is 3.15. The van der Waals surface area contributed by atoms with Crippen molar-refractivity contribution in [3.05, 3.63) is 16.1 Å². The summed E-state index contributed by atoms with van der Waals surface area (Å²) in [7, 11) is 0. The third kappa shape index (κ3) is 1.19. The Balaban J connectivity index is 2.45. The number of aryl methyl sites for hydroxylation is 1. The number of nitrogens with zero attached hydrogens (tertiary/aromatic N) is 2. The van der Waals surface area contributed by atoms with Crippen molar-refractivity contribution in [1.29, 1.82) is 0 Å². The number of rotatable bonds is 0. The van der Waals surface area contributed by atoms with Crippen LogP contribution in [0.2, 0.25) is 0 Å². The first-order valence-corrected chi connectivity index (χ1v) is 4.95. The molecule has 1 atom stereocenters. The van der Waals surface area contributed by atoms with Crippen molar-refractivity contribution >= 4 is 15.9 Å². The maximum absolute atomic E-state index is 5.87. The van der Waals surface area contributed by atoms with Gasteiger partial charge < -0.3 is 10.3 Å². The van der Waals surface area contributed by atoms with Gasteiger partial charge in [-0.25, -0.2) is 4.98 Å². The highest BCUT2D eigenvalue weighted by Crippen LogP contribution is 2.22. The number of halogens is 1. The fourth-order valence-corrected chi connectivity index (χ4v) is 2.36. The molecule has 0 radical (unpaired) electrons. The standard InChI is InChI=1S/C8H12BrN3/c1-5-7-4-6(10)2-3-12(7)8(9)11-5/h6H,2-4,10H2,1H3.